The van der Waals surface area contributed by atoms with E-state index in [1.54, 1.807) is 6.08 Å². The Morgan fingerprint density at radius 3 is 3.18 bits per heavy atom. The molecule has 0 amide bonds. The number of fused-ring (bicyclic) bond motifs is 1. The zero-order valence-electron chi connectivity index (χ0n) is 10.1. The second-order valence-electron chi connectivity index (χ2n) is 4.44. The fourth-order valence-electron chi connectivity index (χ4n) is 2.20. The Bertz CT molecular complexity index is 417. The maximum absolute atomic E-state index is 6.24. The van der Waals surface area contributed by atoms with E-state index in [2.05, 4.69) is 24.9 Å². The first kappa shape index (κ1) is 12.5. The summed E-state index contributed by atoms with van der Waals surface area (Å²) in [6.07, 6.45) is 2.76. The molecule has 3 heteroatoms. The summed E-state index contributed by atoms with van der Waals surface area (Å²) in [6.45, 7) is 8.38. The van der Waals surface area contributed by atoms with E-state index in [1.807, 2.05) is 6.07 Å². The Kier molecular flexibility index (Phi) is 4.08. The van der Waals surface area contributed by atoms with Gasteiger partial charge in [0.25, 0.3) is 0 Å². The van der Waals surface area contributed by atoms with Gasteiger partial charge in [-0.2, -0.15) is 0 Å². The van der Waals surface area contributed by atoms with Crippen LogP contribution in [-0.2, 0) is 6.42 Å². The number of benzene rings is 1. The first-order valence-electron chi connectivity index (χ1n) is 5.99. The van der Waals surface area contributed by atoms with Gasteiger partial charge in [0.05, 0.1) is 5.02 Å². The number of ether oxygens (including phenoxy) is 1. The minimum absolute atomic E-state index is 0.492. The lowest BCUT2D eigenvalue weighted by Crippen LogP contribution is -2.18. The van der Waals surface area contributed by atoms with E-state index >= 15 is 0 Å². The van der Waals surface area contributed by atoms with Crippen LogP contribution in [0.1, 0.15) is 24.0 Å². The fourth-order valence-corrected chi connectivity index (χ4v) is 2.42. The van der Waals surface area contributed by atoms with Crippen LogP contribution in [0.25, 0.3) is 0 Å². The second kappa shape index (κ2) is 5.56. The Morgan fingerprint density at radius 1 is 1.59 bits per heavy atom. The number of nitrogens with one attached hydrogen (secondary N) is 1. The maximum Gasteiger partial charge on any atom is 0.138 e. The number of halogens is 1. The number of hydrogen-bond acceptors (Lipinski definition) is 2. The third kappa shape index (κ3) is 2.82. The van der Waals surface area contributed by atoms with Gasteiger partial charge in [-0.05, 0) is 42.1 Å². The lowest BCUT2D eigenvalue weighted by atomic mass is 9.95. The third-order valence-corrected chi connectivity index (χ3v) is 3.40. The molecule has 1 aliphatic heterocycles. The van der Waals surface area contributed by atoms with Gasteiger partial charge in [0.1, 0.15) is 12.4 Å². The molecule has 1 atom stereocenters. The van der Waals surface area contributed by atoms with Crippen LogP contribution in [0.3, 0.4) is 0 Å². The van der Waals surface area contributed by atoms with Gasteiger partial charge >= 0.3 is 0 Å². The van der Waals surface area contributed by atoms with E-state index in [0.29, 0.717) is 17.5 Å². The molecule has 1 aromatic rings. The van der Waals surface area contributed by atoms with Gasteiger partial charge in [0.2, 0.25) is 0 Å². The molecule has 2 nitrogen and oxygen atoms in total. The molecule has 0 bridgehead atoms. The molecule has 0 radical (unpaired) electrons. The van der Waals surface area contributed by atoms with Crippen molar-refractivity contribution in [1.29, 1.82) is 0 Å². The SMILES string of the molecule is C=CCOc1cc2c(cc1Cl)[C@@H](C)CNCC2. The Balaban J connectivity index is 2.33. The summed E-state index contributed by atoms with van der Waals surface area (Å²) in [5, 5.41) is 4.12. The molecule has 0 aliphatic carbocycles. The van der Waals surface area contributed by atoms with Crippen LogP contribution in [0, 0.1) is 0 Å². The summed E-state index contributed by atoms with van der Waals surface area (Å²) >= 11 is 6.24. The van der Waals surface area contributed by atoms with Crippen LogP contribution in [0.2, 0.25) is 5.02 Å². The summed E-state index contributed by atoms with van der Waals surface area (Å²) in [5.74, 6) is 1.26. The van der Waals surface area contributed by atoms with E-state index in [9.17, 15) is 0 Å². The molecule has 2 rings (SSSR count). The van der Waals surface area contributed by atoms with E-state index in [1.165, 1.54) is 11.1 Å². The standard InChI is InChI=1S/C14H18ClNO/c1-3-6-17-14-7-11-4-5-16-9-10(2)12(11)8-13(14)15/h3,7-8,10,16H,1,4-6,9H2,2H3/t10-/m0/s1. The minimum atomic E-state index is 0.492. The molecule has 0 fully saturated rings. The monoisotopic (exact) mass is 251 g/mol. The molecule has 92 valence electrons. The predicted octanol–water partition coefficient (Wildman–Crippen LogP) is 3.15. The van der Waals surface area contributed by atoms with Crippen molar-refractivity contribution in [3.05, 3.63) is 40.9 Å². The average molecular weight is 252 g/mol. The van der Waals surface area contributed by atoms with Gasteiger partial charge in [-0.3, -0.25) is 0 Å². The van der Waals surface area contributed by atoms with Crippen LogP contribution in [0.4, 0.5) is 0 Å². The Hall–Kier alpha value is -0.990. The molecule has 0 aromatic heterocycles. The summed E-state index contributed by atoms with van der Waals surface area (Å²) in [5.41, 5.74) is 2.68. The van der Waals surface area contributed by atoms with Gasteiger partial charge in [-0.1, -0.05) is 31.2 Å². The van der Waals surface area contributed by atoms with Crippen LogP contribution in [0.15, 0.2) is 24.8 Å². The molecule has 1 aromatic carbocycles. The van der Waals surface area contributed by atoms with E-state index < -0.39 is 0 Å². The van der Waals surface area contributed by atoms with Crippen LogP contribution < -0.4 is 10.1 Å². The molecule has 1 heterocycles. The Labute approximate surface area is 108 Å². The van der Waals surface area contributed by atoms with Crippen molar-refractivity contribution >= 4 is 11.6 Å². The van der Waals surface area contributed by atoms with Crippen molar-refractivity contribution in [3.63, 3.8) is 0 Å². The van der Waals surface area contributed by atoms with Crippen molar-refractivity contribution in [3.8, 4) is 5.75 Å². The summed E-state index contributed by atoms with van der Waals surface area (Å²) in [6, 6.07) is 4.12. The molecule has 0 saturated carbocycles. The highest BCUT2D eigenvalue weighted by Crippen LogP contribution is 2.33. The van der Waals surface area contributed by atoms with Gasteiger partial charge in [-0.15, -0.1) is 0 Å². The normalized spacial score (nSPS) is 19.3. The van der Waals surface area contributed by atoms with E-state index in [-0.39, 0.29) is 0 Å². The zero-order chi connectivity index (χ0) is 12.3. The quantitative estimate of drug-likeness (QED) is 0.834. The Morgan fingerprint density at radius 2 is 2.41 bits per heavy atom. The maximum atomic E-state index is 6.24. The van der Waals surface area contributed by atoms with Gasteiger partial charge < -0.3 is 10.1 Å². The molecule has 0 saturated heterocycles. The summed E-state index contributed by atoms with van der Waals surface area (Å²) < 4.78 is 5.56. The third-order valence-electron chi connectivity index (χ3n) is 3.10. The van der Waals surface area contributed by atoms with E-state index in [0.717, 1.165) is 25.3 Å². The van der Waals surface area contributed by atoms with Crippen LogP contribution in [0.5, 0.6) is 5.75 Å². The van der Waals surface area contributed by atoms with Gasteiger partial charge in [0, 0.05) is 6.54 Å². The van der Waals surface area contributed by atoms with Crippen molar-refractivity contribution in [1.82, 2.24) is 5.32 Å². The van der Waals surface area contributed by atoms with Crippen molar-refractivity contribution in [2.75, 3.05) is 19.7 Å². The molecule has 1 aliphatic rings. The minimum Gasteiger partial charge on any atom is -0.488 e. The predicted molar refractivity (Wildman–Crippen MR) is 72.1 cm³/mol. The topological polar surface area (TPSA) is 21.3 Å². The lowest BCUT2D eigenvalue weighted by Gasteiger charge is -2.15. The number of rotatable bonds is 3. The first-order valence-corrected chi connectivity index (χ1v) is 6.37. The van der Waals surface area contributed by atoms with Gasteiger partial charge in [0.15, 0.2) is 0 Å². The summed E-state index contributed by atoms with van der Waals surface area (Å²) in [4.78, 5) is 0. The molecular weight excluding hydrogens is 234 g/mol. The zero-order valence-corrected chi connectivity index (χ0v) is 10.9. The van der Waals surface area contributed by atoms with E-state index in [4.69, 9.17) is 16.3 Å². The van der Waals surface area contributed by atoms with Gasteiger partial charge in [-0.25, -0.2) is 0 Å². The average Bonchev–Trinajstić information content (AvgIpc) is 2.49. The largest absolute Gasteiger partial charge is 0.488 e. The molecule has 1 N–H and O–H groups in total. The number of hydrogen-bond donors (Lipinski definition) is 1. The first-order chi connectivity index (χ1) is 8.22. The molecule has 0 unspecified atom stereocenters. The highest BCUT2D eigenvalue weighted by molar-refractivity contribution is 6.32. The smallest absolute Gasteiger partial charge is 0.138 e. The molecule has 0 spiro atoms. The second-order valence-corrected chi connectivity index (χ2v) is 4.84. The summed E-state index contributed by atoms with van der Waals surface area (Å²) in [7, 11) is 0. The van der Waals surface area contributed by atoms with Crippen LogP contribution >= 0.6 is 11.6 Å². The van der Waals surface area contributed by atoms with Crippen LogP contribution in [-0.4, -0.2) is 19.7 Å². The molecule has 17 heavy (non-hydrogen) atoms. The van der Waals surface area contributed by atoms with Crippen molar-refractivity contribution < 1.29 is 4.74 Å². The fraction of sp³-hybridized carbons (Fsp3) is 0.429. The highest BCUT2D eigenvalue weighted by atomic mass is 35.5. The molecular formula is C14H18ClNO. The van der Waals surface area contributed by atoms with Crippen molar-refractivity contribution in [2.24, 2.45) is 0 Å². The lowest BCUT2D eigenvalue weighted by molar-refractivity contribution is 0.363. The highest BCUT2D eigenvalue weighted by Gasteiger charge is 2.17. The van der Waals surface area contributed by atoms with Crippen molar-refractivity contribution in [2.45, 2.75) is 19.3 Å².